The molecule has 0 unspecified atom stereocenters. The van der Waals surface area contributed by atoms with Crippen LogP contribution in [0.3, 0.4) is 0 Å². The van der Waals surface area contributed by atoms with Crippen LogP contribution < -0.4 is 11.3 Å². The van der Waals surface area contributed by atoms with Crippen molar-refractivity contribution in [3.8, 4) is 11.4 Å². The summed E-state index contributed by atoms with van der Waals surface area (Å²) in [6.07, 6.45) is 1.82. The van der Waals surface area contributed by atoms with E-state index in [0.717, 1.165) is 29.8 Å². The van der Waals surface area contributed by atoms with Gasteiger partial charge in [0.2, 0.25) is 5.56 Å². The monoisotopic (exact) mass is 218 g/mol. The summed E-state index contributed by atoms with van der Waals surface area (Å²) >= 11 is 0. The van der Waals surface area contributed by atoms with Gasteiger partial charge in [0.1, 0.15) is 5.82 Å². The first-order valence-electron chi connectivity index (χ1n) is 5.24. The number of nitrogens with zero attached hydrogens (tertiary/aromatic N) is 1. The fourth-order valence-corrected chi connectivity index (χ4v) is 1.70. The Labute approximate surface area is 92.7 Å². The third-order valence-electron chi connectivity index (χ3n) is 2.44. The van der Waals surface area contributed by atoms with Gasteiger partial charge in [0.05, 0.1) is 11.4 Å². The molecule has 2 heterocycles. The molecule has 5 heteroatoms. The molecule has 0 bridgehead atoms. The predicted molar refractivity (Wildman–Crippen MR) is 63.1 cm³/mol. The summed E-state index contributed by atoms with van der Waals surface area (Å²) in [4.78, 5) is 14.0. The van der Waals surface area contributed by atoms with E-state index in [2.05, 4.69) is 22.1 Å². The van der Waals surface area contributed by atoms with Gasteiger partial charge in [-0.15, -0.1) is 0 Å². The average Bonchev–Trinajstić information content (AvgIpc) is 2.61. The second kappa shape index (κ2) is 4.22. The molecule has 0 atom stereocenters. The molecule has 0 saturated carbocycles. The molecule has 0 amide bonds. The Balaban J connectivity index is 2.51. The van der Waals surface area contributed by atoms with Crippen molar-refractivity contribution in [2.75, 3.05) is 5.73 Å². The van der Waals surface area contributed by atoms with E-state index in [0.29, 0.717) is 5.82 Å². The first kappa shape index (κ1) is 10.5. The summed E-state index contributed by atoms with van der Waals surface area (Å²) < 4.78 is 0. The number of nitrogens with two attached hydrogens (primary N) is 1. The molecule has 0 radical (unpaired) electrons. The molecule has 0 aromatic carbocycles. The lowest BCUT2D eigenvalue weighted by atomic mass is 10.1. The number of nitrogens with one attached hydrogen (secondary N) is 2. The maximum atomic E-state index is 11.2. The highest BCUT2D eigenvalue weighted by Gasteiger charge is 2.11. The summed E-state index contributed by atoms with van der Waals surface area (Å²) in [6, 6.07) is 5.01. The summed E-state index contributed by atoms with van der Waals surface area (Å²) in [5.74, 6) is 0.501. The van der Waals surface area contributed by atoms with Crippen LogP contribution in [0, 0.1) is 0 Å². The van der Waals surface area contributed by atoms with Gasteiger partial charge in [0, 0.05) is 11.6 Å². The summed E-state index contributed by atoms with van der Waals surface area (Å²) in [5, 5.41) is 6.83. The molecule has 0 spiro atoms. The summed E-state index contributed by atoms with van der Waals surface area (Å²) in [7, 11) is 0. The molecule has 5 nitrogen and oxygen atoms in total. The average molecular weight is 218 g/mol. The van der Waals surface area contributed by atoms with Gasteiger partial charge in [-0.1, -0.05) is 19.4 Å². The number of hydrogen-bond acceptors (Lipinski definition) is 3. The summed E-state index contributed by atoms with van der Waals surface area (Å²) in [6.45, 7) is 2.07. The number of hydrogen-bond donors (Lipinski definition) is 3. The van der Waals surface area contributed by atoms with E-state index in [-0.39, 0.29) is 5.56 Å². The second-order valence-electron chi connectivity index (χ2n) is 3.64. The van der Waals surface area contributed by atoms with Crippen LogP contribution in [0.5, 0.6) is 0 Å². The molecule has 0 saturated heterocycles. The zero-order valence-electron chi connectivity index (χ0n) is 9.08. The van der Waals surface area contributed by atoms with Crippen molar-refractivity contribution >= 4 is 5.82 Å². The number of H-pyrrole nitrogens is 2. The first-order chi connectivity index (χ1) is 7.72. The van der Waals surface area contributed by atoms with E-state index in [1.807, 2.05) is 6.07 Å². The third-order valence-corrected chi connectivity index (χ3v) is 2.44. The van der Waals surface area contributed by atoms with Gasteiger partial charge in [0.25, 0.3) is 0 Å². The zero-order valence-corrected chi connectivity index (χ0v) is 9.08. The molecule has 2 rings (SSSR count). The molecule has 84 valence electrons. The molecule has 16 heavy (non-hydrogen) atoms. The maximum absolute atomic E-state index is 11.2. The molecular formula is C11H14N4O. The van der Waals surface area contributed by atoms with Crippen molar-refractivity contribution in [2.45, 2.75) is 19.8 Å². The van der Waals surface area contributed by atoms with Gasteiger partial charge in [-0.2, -0.15) is 5.10 Å². The Hall–Kier alpha value is -2.04. The highest BCUT2D eigenvalue weighted by atomic mass is 16.1. The smallest absolute Gasteiger partial charge is 0.248 e. The van der Waals surface area contributed by atoms with Crippen molar-refractivity contribution in [2.24, 2.45) is 0 Å². The second-order valence-corrected chi connectivity index (χ2v) is 3.64. The van der Waals surface area contributed by atoms with Gasteiger partial charge in [0.15, 0.2) is 0 Å². The van der Waals surface area contributed by atoms with Gasteiger partial charge >= 0.3 is 0 Å². The highest BCUT2D eigenvalue weighted by molar-refractivity contribution is 5.64. The fraction of sp³-hybridized carbons (Fsp3) is 0.273. The minimum absolute atomic E-state index is 0.131. The zero-order chi connectivity index (χ0) is 11.5. The van der Waals surface area contributed by atoms with Crippen molar-refractivity contribution in [1.29, 1.82) is 0 Å². The van der Waals surface area contributed by atoms with Crippen molar-refractivity contribution in [3.05, 3.63) is 34.1 Å². The molecule has 0 aliphatic carbocycles. The Morgan fingerprint density at radius 2 is 2.25 bits per heavy atom. The predicted octanol–water partition coefficient (Wildman–Crippen LogP) is 1.30. The standard InChI is InChI=1S/C11H14N4O/c1-2-4-7-10(14-15-11(7)12)8-5-3-6-9(16)13-8/h3,5-6H,2,4H2,1H3,(H,13,16)(H3,12,14,15). The third kappa shape index (κ3) is 1.84. The van der Waals surface area contributed by atoms with E-state index in [1.165, 1.54) is 6.07 Å². The molecule has 0 aliphatic rings. The Kier molecular flexibility index (Phi) is 2.76. The number of pyridine rings is 1. The normalized spacial score (nSPS) is 10.6. The Bertz CT molecular complexity index is 541. The largest absolute Gasteiger partial charge is 0.382 e. The topological polar surface area (TPSA) is 87.6 Å². The van der Waals surface area contributed by atoms with Crippen LogP contribution >= 0.6 is 0 Å². The van der Waals surface area contributed by atoms with E-state index >= 15 is 0 Å². The number of aromatic nitrogens is 3. The van der Waals surface area contributed by atoms with Crippen LogP contribution in [0.1, 0.15) is 18.9 Å². The van der Waals surface area contributed by atoms with Gasteiger partial charge in [-0.05, 0) is 12.5 Å². The van der Waals surface area contributed by atoms with E-state index in [4.69, 9.17) is 5.73 Å². The molecular weight excluding hydrogens is 204 g/mol. The molecule has 0 aliphatic heterocycles. The van der Waals surface area contributed by atoms with Crippen LogP contribution in [-0.4, -0.2) is 15.2 Å². The lowest BCUT2D eigenvalue weighted by molar-refractivity contribution is 0.925. The van der Waals surface area contributed by atoms with Crippen molar-refractivity contribution in [3.63, 3.8) is 0 Å². The highest BCUT2D eigenvalue weighted by Crippen LogP contribution is 2.23. The van der Waals surface area contributed by atoms with E-state index in [1.54, 1.807) is 6.07 Å². The SMILES string of the molecule is CCCc1c(N)n[nH]c1-c1cccc(=O)[nH]1. The fourth-order valence-electron chi connectivity index (χ4n) is 1.70. The van der Waals surface area contributed by atoms with Gasteiger partial charge in [-0.3, -0.25) is 9.89 Å². The summed E-state index contributed by atoms with van der Waals surface area (Å²) in [5.41, 5.74) is 8.12. The number of anilines is 1. The van der Waals surface area contributed by atoms with E-state index in [9.17, 15) is 4.79 Å². The Morgan fingerprint density at radius 1 is 1.44 bits per heavy atom. The number of rotatable bonds is 3. The molecule has 0 fully saturated rings. The quantitative estimate of drug-likeness (QED) is 0.725. The van der Waals surface area contributed by atoms with Crippen molar-refractivity contribution in [1.82, 2.24) is 15.2 Å². The van der Waals surface area contributed by atoms with Crippen molar-refractivity contribution < 1.29 is 0 Å². The lowest BCUT2D eigenvalue weighted by Gasteiger charge is -2.02. The Morgan fingerprint density at radius 3 is 2.94 bits per heavy atom. The minimum Gasteiger partial charge on any atom is -0.382 e. The van der Waals surface area contributed by atoms with Crippen LogP contribution in [0.15, 0.2) is 23.0 Å². The molecule has 2 aromatic rings. The van der Waals surface area contributed by atoms with Gasteiger partial charge < -0.3 is 10.7 Å². The van der Waals surface area contributed by atoms with Gasteiger partial charge in [-0.25, -0.2) is 0 Å². The number of aromatic amines is 2. The number of nitrogen functional groups attached to an aromatic ring is 1. The minimum atomic E-state index is -0.131. The van der Waals surface area contributed by atoms with Crippen LogP contribution in [0.2, 0.25) is 0 Å². The molecule has 2 aromatic heterocycles. The first-order valence-corrected chi connectivity index (χ1v) is 5.24. The lowest BCUT2D eigenvalue weighted by Crippen LogP contribution is -2.04. The van der Waals surface area contributed by atoms with Crippen LogP contribution in [0.4, 0.5) is 5.82 Å². The van der Waals surface area contributed by atoms with E-state index < -0.39 is 0 Å². The molecule has 4 N–H and O–H groups in total. The van der Waals surface area contributed by atoms with Crippen LogP contribution in [0.25, 0.3) is 11.4 Å². The maximum Gasteiger partial charge on any atom is 0.248 e. The van der Waals surface area contributed by atoms with Crippen LogP contribution in [-0.2, 0) is 6.42 Å².